The van der Waals surface area contributed by atoms with Crippen LogP contribution in [-0.4, -0.2) is 40.8 Å². The van der Waals surface area contributed by atoms with Crippen LogP contribution >= 0.6 is 11.8 Å². The van der Waals surface area contributed by atoms with E-state index in [4.69, 9.17) is 5.11 Å². The number of carboxylic acid groups (broad SMARTS) is 1. The molecule has 26 heavy (non-hydrogen) atoms. The van der Waals surface area contributed by atoms with Crippen LogP contribution in [0.1, 0.15) is 37.4 Å². The number of ketones is 1. The topological polar surface area (TPSA) is 83.5 Å². The highest BCUT2D eigenvalue weighted by Crippen LogP contribution is 2.17. The third-order valence-electron chi connectivity index (χ3n) is 3.94. The number of carbonyl (C=O) groups excluding carboxylic acids is 2. The summed E-state index contributed by atoms with van der Waals surface area (Å²) in [6.07, 6.45) is 0. The van der Waals surface area contributed by atoms with Gasteiger partial charge in [-0.1, -0.05) is 30.3 Å². The Morgan fingerprint density at radius 2 is 1.69 bits per heavy atom. The lowest BCUT2D eigenvalue weighted by Gasteiger charge is -2.10. The van der Waals surface area contributed by atoms with Gasteiger partial charge in [-0.3, -0.25) is 14.4 Å². The summed E-state index contributed by atoms with van der Waals surface area (Å²) in [5, 5.41) is 11.3. The van der Waals surface area contributed by atoms with Crippen LogP contribution < -0.4 is 5.32 Å². The molecule has 2 N–H and O–H groups in total. The third-order valence-corrected chi connectivity index (χ3v) is 4.89. The van der Waals surface area contributed by atoms with Gasteiger partial charge in [-0.25, -0.2) is 0 Å². The lowest BCUT2D eigenvalue weighted by Crippen LogP contribution is -2.27. The van der Waals surface area contributed by atoms with Gasteiger partial charge in [-0.05, 0) is 37.1 Å². The maximum atomic E-state index is 12.8. The van der Waals surface area contributed by atoms with Crippen LogP contribution in [0, 0.1) is 13.8 Å². The monoisotopic (exact) mass is 371 g/mol. The molecule has 0 aromatic heterocycles. The fourth-order valence-corrected chi connectivity index (χ4v) is 2.97. The Balaban J connectivity index is 2.11. The van der Waals surface area contributed by atoms with E-state index in [0.717, 1.165) is 11.1 Å². The normalized spacial score (nSPS) is 10.4. The molecular weight excluding hydrogens is 350 g/mol. The zero-order valence-corrected chi connectivity index (χ0v) is 15.6. The molecule has 2 aromatic rings. The van der Waals surface area contributed by atoms with Crippen LogP contribution in [0.4, 0.5) is 0 Å². The molecule has 0 bridgehead atoms. The zero-order valence-electron chi connectivity index (χ0n) is 14.7. The number of aryl methyl sites for hydroxylation is 2. The summed E-state index contributed by atoms with van der Waals surface area (Å²) < 4.78 is 0. The molecule has 2 aromatic carbocycles. The van der Waals surface area contributed by atoms with Gasteiger partial charge in [0, 0.05) is 23.4 Å². The fraction of sp³-hybridized carbons (Fsp3) is 0.250. The highest BCUT2D eigenvalue weighted by molar-refractivity contribution is 7.99. The molecule has 0 spiro atoms. The van der Waals surface area contributed by atoms with Crippen molar-refractivity contribution < 1.29 is 19.5 Å². The first-order chi connectivity index (χ1) is 12.4. The smallest absolute Gasteiger partial charge is 0.313 e. The number of hydrogen-bond donors (Lipinski definition) is 2. The van der Waals surface area contributed by atoms with Gasteiger partial charge in [0.15, 0.2) is 5.78 Å². The number of rotatable bonds is 8. The number of carboxylic acids is 1. The van der Waals surface area contributed by atoms with Crippen LogP contribution in [0.25, 0.3) is 0 Å². The zero-order chi connectivity index (χ0) is 19.1. The number of benzene rings is 2. The summed E-state index contributed by atoms with van der Waals surface area (Å²) in [6.45, 7) is 4.26. The molecule has 0 atom stereocenters. The van der Waals surface area contributed by atoms with Gasteiger partial charge >= 0.3 is 5.97 Å². The van der Waals surface area contributed by atoms with Crippen molar-refractivity contribution in [1.29, 1.82) is 0 Å². The average Bonchev–Trinajstić information content (AvgIpc) is 2.62. The van der Waals surface area contributed by atoms with E-state index in [1.807, 2.05) is 26.0 Å². The van der Waals surface area contributed by atoms with Crippen molar-refractivity contribution in [3.63, 3.8) is 0 Å². The maximum absolute atomic E-state index is 12.8. The lowest BCUT2D eigenvalue weighted by atomic mass is 9.95. The number of carbonyl (C=O) groups is 3. The first kappa shape index (κ1) is 19.7. The van der Waals surface area contributed by atoms with Crippen molar-refractivity contribution in [2.24, 2.45) is 0 Å². The van der Waals surface area contributed by atoms with Gasteiger partial charge in [0.1, 0.15) is 0 Å². The molecule has 0 aliphatic rings. The first-order valence-electron chi connectivity index (χ1n) is 8.19. The van der Waals surface area contributed by atoms with Crippen molar-refractivity contribution in [3.05, 3.63) is 70.3 Å². The maximum Gasteiger partial charge on any atom is 0.313 e. The van der Waals surface area contributed by atoms with E-state index in [2.05, 4.69) is 5.32 Å². The minimum Gasteiger partial charge on any atom is -0.481 e. The molecule has 0 aliphatic carbocycles. The van der Waals surface area contributed by atoms with Crippen LogP contribution in [0.15, 0.2) is 42.5 Å². The molecule has 136 valence electrons. The second-order valence-electron chi connectivity index (χ2n) is 5.88. The Morgan fingerprint density at radius 1 is 1.00 bits per heavy atom. The largest absolute Gasteiger partial charge is 0.481 e. The predicted octanol–water partition coefficient (Wildman–Crippen LogP) is 3.08. The van der Waals surface area contributed by atoms with Gasteiger partial charge in [0.2, 0.25) is 0 Å². The van der Waals surface area contributed by atoms with Crippen molar-refractivity contribution in [2.75, 3.05) is 18.1 Å². The highest BCUT2D eigenvalue weighted by atomic mass is 32.2. The molecule has 0 saturated heterocycles. The quantitative estimate of drug-likeness (QED) is 0.550. The van der Waals surface area contributed by atoms with Gasteiger partial charge < -0.3 is 10.4 Å². The molecule has 0 heterocycles. The van der Waals surface area contributed by atoms with Crippen LogP contribution in [0.3, 0.4) is 0 Å². The molecule has 0 saturated carbocycles. The minimum atomic E-state index is -0.884. The van der Waals surface area contributed by atoms with Gasteiger partial charge in [-0.2, -0.15) is 0 Å². The highest BCUT2D eigenvalue weighted by Gasteiger charge is 2.18. The molecule has 0 unspecified atom stereocenters. The number of amides is 1. The summed E-state index contributed by atoms with van der Waals surface area (Å²) in [5.74, 6) is -0.929. The molecule has 2 rings (SSSR count). The van der Waals surface area contributed by atoms with Gasteiger partial charge in [0.25, 0.3) is 5.91 Å². The molecule has 0 radical (unpaired) electrons. The summed E-state index contributed by atoms with van der Waals surface area (Å²) in [4.78, 5) is 35.7. The standard InChI is InChI=1S/C20H21NO4S/c1-13-7-8-15(11-14(13)2)19(24)16-5-3-4-6-17(16)20(25)21-9-10-26-12-18(22)23/h3-8,11H,9-10,12H2,1-2H3,(H,21,25)(H,22,23). The van der Waals surface area contributed by atoms with Crippen LogP contribution in [-0.2, 0) is 4.79 Å². The fourth-order valence-electron chi connectivity index (χ4n) is 2.41. The van der Waals surface area contributed by atoms with E-state index in [1.54, 1.807) is 30.3 Å². The van der Waals surface area contributed by atoms with E-state index >= 15 is 0 Å². The van der Waals surface area contributed by atoms with Crippen molar-refractivity contribution in [2.45, 2.75) is 13.8 Å². The Labute approximate surface area is 156 Å². The molecule has 5 nitrogen and oxygen atoms in total. The molecule has 0 aliphatic heterocycles. The number of nitrogens with one attached hydrogen (secondary N) is 1. The Bertz CT molecular complexity index is 832. The summed E-state index contributed by atoms with van der Waals surface area (Å²) in [5.41, 5.74) is 3.34. The number of aliphatic carboxylic acids is 1. The molecule has 0 fully saturated rings. The van der Waals surface area contributed by atoms with E-state index in [0.29, 0.717) is 29.0 Å². The van der Waals surface area contributed by atoms with Crippen molar-refractivity contribution >= 4 is 29.4 Å². The summed E-state index contributed by atoms with van der Waals surface area (Å²) >= 11 is 1.23. The number of thioether (sulfide) groups is 1. The molecule has 1 amide bonds. The lowest BCUT2D eigenvalue weighted by molar-refractivity contribution is -0.133. The van der Waals surface area contributed by atoms with Gasteiger partial charge in [-0.15, -0.1) is 11.8 Å². The van der Waals surface area contributed by atoms with E-state index in [-0.39, 0.29) is 17.4 Å². The Kier molecular flexibility index (Phi) is 6.97. The van der Waals surface area contributed by atoms with Gasteiger partial charge in [0.05, 0.1) is 11.3 Å². The second-order valence-corrected chi connectivity index (χ2v) is 6.98. The third kappa shape index (κ3) is 5.20. The van der Waals surface area contributed by atoms with Crippen molar-refractivity contribution in [3.8, 4) is 0 Å². The van der Waals surface area contributed by atoms with Crippen molar-refractivity contribution in [1.82, 2.24) is 5.32 Å². The average molecular weight is 371 g/mol. The van der Waals surface area contributed by atoms with E-state index < -0.39 is 5.97 Å². The molecular formula is C20H21NO4S. The SMILES string of the molecule is Cc1ccc(C(=O)c2ccccc2C(=O)NCCSCC(=O)O)cc1C. The molecule has 6 heteroatoms. The summed E-state index contributed by atoms with van der Waals surface area (Å²) in [7, 11) is 0. The van der Waals surface area contributed by atoms with Crippen LogP contribution in [0.5, 0.6) is 0 Å². The Hall–Kier alpha value is -2.60. The van der Waals surface area contributed by atoms with Crippen LogP contribution in [0.2, 0.25) is 0 Å². The first-order valence-corrected chi connectivity index (χ1v) is 9.34. The summed E-state index contributed by atoms with van der Waals surface area (Å²) in [6, 6.07) is 12.2. The Morgan fingerprint density at radius 3 is 2.35 bits per heavy atom. The minimum absolute atomic E-state index is 0.00226. The number of hydrogen-bond acceptors (Lipinski definition) is 4. The van der Waals surface area contributed by atoms with E-state index in [1.165, 1.54) is 11.8 Å². The van der Waals surface area contributed by atoms with E-state index in [9.17, 15) is 14.4 Å². The second kappa shape index (κ2) is 9.20. The predicted molar refractivity (Wildman–Crippen MR) is 103 cm³/mol.